The van der Waals surface area contributed by atoms with Crippen molar-refractivity contribution >= 4 is 20.9 Å². The van der Waals surface area contributed by atoms with Gasteiger partial charge >= 0.3 is 21.8 Å². The molecular weight excluding hydrogens is 410 g/mol. The first-order valence-corrected chi connectivity index (χ1v) is 9.00. The smallest absolute Gasteiger partial charge is 0.376 e. The highest BCUT2D eigenvalue weighted by molar-refractivity contribution is 7.88. The molecule has 0 heterocycles. The molecule has 3 aromatic carbocycles. The van der Waals surface area contributed by atoms with E-state index in [0.29, 0.717) is 21.9 Å². The second-order valence-corrected chi connectivity index (χ2v) is 7.32. The molecular formula is C18H10F6O3S. The largest absolute Gasteiger partial charge is 0.534 e. The summed E-state index contributed by atoms with van der Waals surface area (Å²) in [5.74, 6) is -0.507. The normalized spacial score (nSPS) is 12.9. The van der Waals surface area contributed by atoms with Crippen molar-refractivity contribution in [1.29, 1.82) is 0 Å². The zero-order valence-corrected chi connectivity index (χ0v) is 14.5. The Morgan fingerprint density at radius 3 is 1.79 bits per heavy atom. The van der Waals surface area contributed by atoms with Crippen LogP contribution < -0.4 is 4.18 Å². The Kier molecular flexibility index (Phi) is 4.78. The summed E-state index contributed by atoms with van der Waals surface area (Å²) < 4.78 is 101. The zero-order valence-electron chi connectivity index (χ0n) is 13.7. The van der Waals surface area contributed by atoms with E-state index in [0.717, 1.165) is 24.3 Å². The van der Waals surface area contributed by atoms with Crippen molar-refractivity contribution in [1.82, 2.24) is 0 Å². The predicted octanol–water partition coefficient (Wildman–Crippen LogP) is 5.75. The molecule has 0 aliphatic rings. The van der Waals surface area contributed by atoms with Crippen LogP contribution in [0.2, 0.25) is 0 Å². The maximum atomic E-state index is 12.6. The summed E-state index contributed by atoms with van der Waals surface area (Å²) in [5, 5.41) is 0.930. The quantitative estimate of drug-likeness (QED) is 0.308. The summed E-state index contributed by atoms with van der Waals surface area (Å²) in [5.41, 5.74) is -5.24. The number of hydrogen-bond donors (Lipinski definition) is 0. The molecule has 0 radical (unpaired) electrons. The molecule has 28 heavy (non-hydrogen) atoms. The zero-order chi connectivity index (χ0) is 20.7. The molecule has 0 atom stereocenters. The van der Waals surface area contributed by atoms with Crippen LogP contribution in [0.5, 0.6) is 5.75 Å². The fraction of sp³-hybridized carbons (Fsp3) is 0.111. The van der Waals surface area contributed by atoms with E-state index in [1.54, 1.807) is 12.1 Å². The highest BCUT2D eigenvalue weighted by Gasteiger charge is 2.48. The molecule has 10 heteroatoms. The number of fused-ring (bicyclic) bond motifs is 1. The van der Waals surface area contributed by atoms with E-state index in [4.69, 9.17) is 0 Å². The van der Waals surface area contributed by atoms with Gasteiger partial charge in [-0.2, -0.15) is 34.8 Å². The molecule has 3 aromatic rings. The van der Waals surface area contributed by atoms with E-state index in [-0.39, 0.29) is 0 Å². The van der Waals surface area contributed by atoms with Crippen molar-refractivity contribution in [2.24, 2.45) is 0 Å². The second kappa shape index (κ2) is 6.69. The number of benzene rings is 3. The molecule has 0 fully saturated rings. The van der Waals surface area contributed by atoms with E-state index in [1.165, 1.54) is 24.3 Å². The van der Waals surface area contributed by atoms with Crippen LogP contribution in [0.15, 0.2) is 60.7 Å². The summed E-state index contributed by atoms with van der Waals surface area (Å²) >= 11 is 0. The molecule has 3 rings (SSSR count). The van der Waals surface area contributed by atoms with Crippen molar-refractivity contribution in [3.05, 3.63) is 66.2 Å². The van der Waals surface area contributed by atoms with Crippen molar-refractivity contribution in [2.45, 2.75) is 11.7 Å². The summed E-state index contributed by atoms with van der Waals surface area (Å²) in [6.07, 6.45) is -4.45. The van der Waals surface area contributed by atoms with Gasteiger partial charge in [-0.1, -0.05) is 30.3 Å². The SMILES string of the molecule is O=S(=O)(Oc1ccc2cc(-c3ccc(C(F)(F)F)cc3)ccc2c1)C(F)(F)F. The Hall–Kier alpha value is -2.75. The van der Waals surface area contributed by atoms with Crippen LogP contribution in [0, 0.1) is 0 Å². The molecule has 0 aliphatic heterocycles. The van der Waals surface area contributed by atoms with E-state index in [9.17, 15) is 34.8 Å². The van der Waals surface area contributed by atoms with Crippen LogP contribution in [0.3, 0.4) is 0 Å². The number of hydrogen-bond acceptors (Lipinski definition) is 3. The molecule has 0 aromatic heterocycles. The molecule has 0 aliphatic carbocycles. The minimum atomic E-state index is -5.78. The Morgan fingerprint density at radius 1 is 0.679 bits per heavy atom. The lowest BCUT2D eigenvalue weighted by molar-refractivity contribution is -0.137. The van der Waals surface area contributed by atoms with E-state index in [2.05, 4.69) is 4.18 Å². The average molecular weight is 420 g/mol. The molecule has 0 amide bonds. The van der Waals surface area contributed by atoms with Crippen LogP contribution in [-0.4, -0.2) is 13.9 Å². The van der Waals surface area contributed by atoms with Gasteiger partial charge in [0.15, 0.2) is 0 Å². The van der Waals surface area contributed by atoms with Crippen molar-refractivity contribution in [2.75, 3.05) is 0 Å². The van der Waals surface area contributed by atoms with Crippen LogP contribution in [0.4, 0.5) is 26.3 Å². The van der Waals surface area contributed by atoms with Gasteiger partial charge < -0.3 is 4.18 Å². The van der Waals surface area contributed by atoms with E-state index < -0.39 is 33.1 Å². The molecule has 0 N–H and O–H groups in total. The predicted molar refractivity (Wildman–Crippen MR) is 90.0 cm³/mol. The molecule has 0 bridgehead atoms. The fourth-order valence-corrected chi connectivity index (χ4v) is 2.93. The first-order valence-electron chi connectivity index (χ1n) is 7.59. The fourth-order valence-electron chi connectivity index (χ4n) is 2.48. The lowest BCUT2D eigenvalue weighted by Gasteiger charge is -2.11. The average Bonchev–Trinajstić information content (AvgIpc) is 2.59. The second-order valence-electron chi connectivity index (χ2n) is 5.78. The van der Waals surface area contributed by atoms with E-state index >= 15 is 0 Å². The number of alkyl halides is 6. The molecule has 0 saturated heterocycles. The van der Waals surface area contributed by atoms with Crippen LogP contribution >= 0.6 is 0 Å². The third kappa shape index (κ3) is 4.06. The monoisotopic (exact) mass is 420 g/mol. The van der Waals surface area contributed by atoms with Gasteiger partial charge in [0.1, 0.15) is 5.75 Å². The summed E-state index contributed by atoms with van der Waals surface area (Å²) in [6.45, 7) is 0. The highest BCUT2D eigenvalue weighted by Crippen LogP contribution is 2.33. The third-order valence-corrected chi connectivity index (χ3v) is 4.83. The molecule has 148 valence electrons. The topological polar surface area (TPSA) is 43.4 Å². The van der Waals surface area contributed by atoms with Gasteiger partial charge in [-0.05, 0) is 52.2 Å². The Bertz CT molecular complexity index is 1120. The van der Waals surface area contributed by atoms with Gasteiger partial charge in [0.05, 0.1) is 5.56 Å². The van der Waals surface area contributed by atoms with Crippen molar-refractivity contribution < 1.29 is 38.9 Å². The van der Waals surface area contributed by atoms with Gasteiger partial charge in [-0.3, -0.25) is 0 Å². The van der Waals surface area contributed by atoms with Gasteiger partial charge in [0.2, 0.25) is 0 Å². The first-order chi connectivity index (χ1) is 12.9. The Labute approximate surface area is 155 Å². The maximum Gasteiger partial charge on any atom is 0.534 e. The minimum Gasteiger partial charge on any atom is -0.376 e. The summed E-state index contributed by atoms with van der Waals surface area (Å²) in [6, 6.07) is 12.7. The van der Waals surface area contributed by atoms with Gasteiger partial charge in [0, 0.05) is 0 Å². The van der Waals surface area contributed by atoms with Crippen LogP contribution in [-0.2, 0) is 16.3 Å². The lowest BCUT2D eigenvalue weighted by atomic mass is 10.00. The first kappa shape index (κ1) is 20.0. The van der Waals surface area contributed by atoms with Crippen molar-refractivity contribution in [3.63, 3.8) is 0 Å². The summed E-state index contributed by atoms with van der Waals surface area (Å²) in [7, 11) is -5.78. The van der Waals surface area contributed by atoms with Crippen LogP contribution in [0.1, 0.15) is 5.56 Å². The maximum absolute atomic E-state index is 12.6. The molecule has 0 unspecified atom stereocenters. The van der Waals surface area contributed by atoms with Gasteiger partial charge in [0.25, 0.3) is 0 Å². The standard InChI is InChI=1S/C18H10F6O3S/c19-17(20,21)15-6-3-11(4-7-15)12-1-2-14-10-16(8-5-13(14)9-12)27-28(25,26)18(22,23)24/h1-10H. The van der Waals surface area contributed by atoms with Crippen molar-refractivity contribution in [3.8, 4) is 16.9 Å². The van der Waals surface area contributed by atoms with Gasteiger partial charge in [-0.15, -0.1) is 0 Å². The third-order valence-electron chi connectivity index (χ3n) is 3.85. The number of rotatable bonds is 3. The van der Waals surface area contributed by atoms with Gasteiger partial charge in [-0.25, -0.2) is 0 Å². The minimum absolute atomic E-state index is 0.394. The highest BCUT2D eigenvalue weighted by atomic mass is 32.2. The summed E-state index contributed by atoms with van der Waals surface area (Å²) in [4.78, 5) is 0. The van der Waals surface area contributed by atoms with Crippen LogP contribution in [0.25, 0.3) is 21.9 Å². The number of halogens is 6. The molecule has 3 nitrogen and oxygen atoms in total. The van der Waals surface area contributed by atoms with E-state index in [1.807, 2.05) is 0 Å². The molecule has 0 saturated carbocycles. The Balaban J connectivity index is 1.91. The lowest BCUT2D eigenvalue weighted by Crippen LogP contribution is -2.28. The molecule has 0 spiro atoms. The Morgan fingerprint density at radius 2 is 1.21 bits per heavy atom.